The maximum atomic E-state index is 13.8. The summed E-state index contributed by atoms with van der Waals surface area (Å²) in [4.78, 5) is 13.0. The van der Waals surface area contributed by atoms with E-state index < -0.39 is 31.9 Å². The number of carbonyl (C=O) groups is 1. The summed E-state index contributed by atoms with van der Waals surface area (Å²) >= 11 is 0. The summed E-state index contributed by atoms with van der Waals surface area (Å²) in [6.45, 7) is 4.88. The fourth-order valence-electron chi connectivity index (χ4n) is 4.08. The molecule has 0 N–H and O–H groups in total. The van der Waals surface area contributed by atoms with Gasteiger partial charge in [0.25, 0.3) is 20.0 Å². The molecule has 0 aliphatic carbocycles. The monoisotopic (exact) mass is 528 g/mol. The molecule has 0 saturated heterocycles. The lowest BCUT2D eigenvalue weighted by Crippen LogP contribution is -2.41. The molecule has 0 spiro atoms. The van der Waals surface area contributed by atoms with Gasteiger partial charge in [0.2, 0.25) is 0 Å². The summed E-state index contributed by atoms with van der Waals surface area (Å²) in [6, 6.07) is 19.1. The number of ether oxygens (including phenoxy) is 1. The van der Waals surface area contributed by atoms with Gasteiger partial charge in [0.05, 0.1) is 33.7 Å². The molecule has 3 aromatic carbocycles. The Hall–Kier alpha value is -3.37. The van der Waals surface area contributed by atoms with E-state index in [1.807, 2.05) is 13.8 Å². The quantitative estimate of drug-likeness (QED) is 0.450. The molecular weight excluding hydrogens is 500 g/mol. The molecule has 1 heterocycles. The predicted octanol–water partition coefficient (Wildman–Crippen LogP) is 3.89. The van der Waals surface area contributed by atoms with E-state index in [-0.39, 0.29) is 40.9 Å². The normalized spacial score (nSPS) is 14.8. The van der Waals surface area contributed by atoms with E-state index in [9.17, 15) is 21.6 Å². The number of para-hydroxylation sites is 2. The van der Waals surface area contributed by atoms with Crippen LogP contribution >= 0.6 is 0 Å². The van der Waals surface area contributed by atoms with Crippen molar-refractivity contribution >= 4 is 37.4 Å². The van der Waals surface area contributed by atoms with Crippen LogP contribution in [0.25, 0.3) is 0 Å². The Morgan fingerprint density at radius 1 is 0.750 bits per heavy atom. The van der Waals surface area contributed by atoms with Crippen LogP contribution in [-0.4, -0.2) is 42.5 Å². The molecule has 0 amide bonds. The first-order valence-corrected chi connectivity index (χ1v) is 14.4. The van der Waals surface area contributed by atoms with Crippen LogP contribution in [0.5, 0.6) is 0 Å². The largest absolute Gasteiger partial charge is 0.466 e. The number of hydrogen-bond donors (Lipinski definition) is 0. The first kappa shape index (κ1) is 25.7. The van der Waals surface area contributed by atoms with Crippen molar-refractivity contribution in [2.75, 3.05) is 28.3 Å². The van der Waals surface area contributed by atoms with E-state index in [1.165, 1.54) is 24.3 Å². The molecule has 0 bridgehead atoms. The van der Waals surface area contributed by atoms with Crippen LogP contribution in [-0.2, 0) is 29.6 Å². The molecule has 10 heteroatoms. The minimum atomic E-state index is -4.13. The van der Waals surface area contributed by atoms with Gasteiger partial charge < -0.3 is 4.74 Å². The van der Waals surface area contributed by atoms with Crippen molar-refractivity contribution in [2.45, 2.75) is 30.6 Å². The molecule has 0 aromatic heterocycles. The van der Waals surface area contributed by atoms with E-state index in [1.54, 1.807) is 55.5 Å². The number of carbonyl (C=O) groups excluding carboxylic acids is 1. The van der Waals surface area contributed by atoms with Gasteiger partial charge in [-0.2, -0.15) is 0 Å². The lowest BCUT2D eigenvalue weighted by Gasteiger charge is -2.27. The highest BCUT2D eigenvalue weighted by Gasteiger charge is 2.41. The van der Waals surface area contributed by atoms with Gasteiger partial charge in [0.15, 0.2) is 0 Å². The Morgan fingerprint density at radius 3 is 1.50 bits per heavy atom. The molecule has 1 aliphatic heterocycles. The first-order valence-electron chi connectivity index (χ1n) is 11.5. The Kier molecular flexibility index (Phi) is 7.10. The number of nitrogens with zero attached hydrogens (tertiary/aromatic N) is 2. The zero-order chi connectivity index (χ0) is 26.1. The van der Waals surface area contributed by atoms with Crippen LogP contribution in [0.1, 0.15) is 18.1 Å². The second-order valence-electron chi connectivity index (χ2n) is 8.64. The molecule has 0 fully saturated rings. The summed E-state index contributed by atoms with van der Waals surface area (Å²) < 4.78 is 62.7. The standard InChI is InChI=1S/C26H28N2O6S2/c1-4-34-26(29)21-17-27(35(30,31)22-13-9-19(2)10-14-22)24-7-5-6-8-25(24)28(18-21)36(32,33)23-15-11-20(3)12-16-23/h5-16,21H,4,17-18H2,1-3H3. The smallest absolute Gasteiger partial charge is 0.312 e. The van der Waals surface area contributed by atoms with E-state index in [0.29, 0.717) is 0 Å². The van der Waals surface area contributed by atoms with E-state index in [2.05, 4.69) is 0 Å². The van der Waals surface area contributed by atoms with Gasteiger partial charge in [-0.15, -0.1) is 0 Å². The third kappa shape index (κ3) is 4.83. The lowest BCUT2D eigenvalue weighted by molar-refractivity contribution is -0.147. The van der Waals surface area contributed by atoms with Crippen LogP contribution in [0.15, 0.2) is 82.6 Å². The molecule has 190 valence electrons. The third-order valence-corrected chi connectivity index (χ3v) is 9.62. The predicted molar refractivity (Wildman–Crippen MR) is 138 cm³/mol. The van der Waals surface area contributed by atoms with Crippen LogP contribution < -0.4 is 8.61 Å². The summed E-state index contributed by atoms with van der Waals surface area (Å²) in [5.41, 5.74) is 2.12. The molecule has 0 saturated carbocycles. The molecule has 0 atom stereocenters. The molecule has 0 radical (unpaired) electrons. The van der Waals surface area contributed by atoms with Crippen molar-refractivity contribution < 1.29 is 26.4 Å². The van der Waals surface area contributed by atoms with Gasteiger partial charge in [0.1, 0.15) is 0 Å². The number of esters is 1. The first-order chi connectivity index (χ1) is 17.1. The number of hydrogen-bond acceptors (Lipinski definition) is 6. The number of benzene rings is 3. The van der Waals surface area contributed by atoms with Crippen LogP contribution in [0.2, 0.25) is 0 Å². The number of rotatable bonds is 6. The van der Waals surface area contributed by atoms with Gasteiger partial charge in [0, 0.05) is 13.1 Å². The third-order valence-electron chi connectivity index (χ3n) is 6.03. The Bertz CT molecular complexity index is 1360. The van der Waals surface area contributed by atoms with E-state index in [0.717, 1.165) is 19.7 Å². The Balaban J connectivity index is 1.91. The van der Waals surface area contributed by atoms with Crippen molar-refractivity contribution in [3.63, 3.8) is 0 Å². The van der Waals surface area contributed by atoms with Gasteiger partial charge in [-0.05, 0) is 57.2 Å². The SMILES string of the molecule is CCOC(=O)C1CN(S(=O)(=O)c2ccc(C)cc2)c2ccccc2N(S(=O)(=O)c2ccc(C)cc2)C1. The average Bonchev–Trinajstić information content (AvgIpc) is 3.03. The zero-order valence-corrected chi connectivity index (χ0v) is 21.9. The molecule has 1 aliphatic rings. The fraction of sp³-hybridized carbons (Fsp3) is 0.269. The maximum absolute atomic E-state index is 13.8. The highest BCUT2D eigenvalue weighted by atomic mass is 32.2. The van der Waals surface area contributed by atoms with E-state index >= 15 is 0 Å². The van der Waals surface area contributed by atoms with Crippen molar-refractivity contribution in [1.29, 1.82) is 0 Å². The highest BCUT2D eigenvalue weighted by molar-refractivity contribution is 7.93. The minimum absolute atomic E-state index is 0.0420. The van der Waals surface area contributed by atoms with Crippen LogP contribution in [0.4, 0.5) is 11.4 Å². The second-order valence-corrected chi connectivity index (χ2v) is 12.4. The number of sulfonamides is 2. The summed E-state index contributed by atoms with van der Waals surface area (Å²) in [5, 5.41) is 0. The Labute approximate surface area is 212 Å². The number of aryl methyl sites for hydroxylation is 2. The van der Waals surface area contributed by atoms with Crippen molar-refractivity contribution in [3.05, 3.63) is 83.9 Å². The fourth-order valence-corrected chi connectivity index (χ4v) is 7.13. The molecule has 36 heavy (non-hydrogen) atoms. The highest BCUT2D eigenvalue weighted by Crippen LogP contribution is 2.39. The average molecular weight is 529 g/mol. The number of anilines is 2. The van der Waals surface area contributed by atoms with Crippen LogP contribution in [0.3, 0.4) is 0 Å². The summed E-state index contributed by atoms with van der Waals surface area (Å²) in [7, 11) is -8.26. The topological polar surface area (TPSA) is 101 Å². The van der Waals surface area contributed by atoms with Gasteiger partial charge in [-0.25, -0.2) is 16.8 Å². The second kappa shape index (κ2) is 9.94. The molecule has 8 nitrogen and oxygen atoms in total. The molecule has 0 unspecified atom stereocenters. The van der Waals surface area contributed by atoms with Crippen molar-refractivity contribution in [1.82, 2.24) is 0 Å². The summed E-state index contributed by atoms with van der Waals surface area (Å²) in [5.74, 6) is -1.73. The van der Waals surface area contributed by atoms with E-state index in [4.69, 9.17) is 4.74 Å². The molecule has 4 rings (SSSR count). The number of fused-ring (bicyclic) bond motifs is 1. The molecule has 3 aromatic rings. The zero-order valence-electron chi connectivity index (χ0n) is 20.3. The van der Waals surface area contributed by atoms with Crippen molar-refractivity contribution in [3.8, 4) is 0 Å². The maximum Gasteiger partial charge on any atom is 0.312 e. The minimum Gasteiger partial charge on any atom is -0.466 e. The molecular formula is C26H28N2O6S2. The van der Waals surface area contributed by atoms with Crippen molar-refractivity contribution in [2.24, 2.45) is 5.92 Å². The van der Waals surface area contributed by atoms with Gasteiger partial charge in [-0.1, -0.05) is 47.5 Å². The van der Waals surface area contributed by atoms with Crippen LogP contribution in [0, 0.1) is 19.8 Å². The summed E-state index contributed by atoms with van der Waals surface area (Å²) in [6.07, 6.45) is 0. The van der Waals surface area contributed by atoms with Gasteiger partial charge in [-0.3, -0.25) is 13.4 Å². The van der Waals surface area contributed by atoms with Gasteiger partial charge >= 0.3 is 5.97 Å². The Morgan fingerprint density at radius 2 is 1.14 bits per heavy atom. The lowest BCUT2D eigenvalue weighted by atomic mass is 10.1.